The van der Waals surface area contributed by atoms with Crippen molar-refractivity contribution in [3.05, 3.63) is 47.2 Å². The summed E-state index contributed by atoms with van der Waals surface area (Å²) in [5.74, 6) is 6.00. The molecule has 0 aliphatic rings. The molecule has 0 spiro atoms. The molecule has 1 aromatic heterocycles. The summed E-state index contributed by atoms with van der Waals surface area (Å²) < 4.78 is 18.6. The minimum Gasteiger partial charge on any atom is -0.497 e. The van der Waals surface area contributed by atoms with Gasteiger partial charge in [-0.05, 0) is 24.6 Å². The number of nitrogens with two attached hydrogens (primary N) is 1. The van der Waals surface area contributed by atoms with Gasteiger partial charge >= 0.3 is 0 Å². The zero-order valence-corrected chi connectivity index (χ0v) is 10.8. The van der Waals surface area contributed by atoms with Crippen LogP contribution in [-0.2, 0) is 6.42 Å². The Balaban J connectivity index is 2.25. The van der Waals surface area contributed by atoms with E-state index in [1.54, 1.807) is 14.0 Å². The highest BCUT2D eigenvalue weighted by Gasteiger charge is 2.10. The van der Waals surface area contributed by atoms with Gasteiger partial charge in [-0.2, -0.15) is 0 Å². The summed E-state index contributed by atoms with van der Waals surface area (Å²) in [6.45, 7) is 1.58. The topological polar surface area (TPSA) is 73.1 Å². The van der Waals surface area contributed by atoms with E-state index >= 15 is 0 Å². The third-order valence-corrected chi connectivity index (χ3v) is 2.72. The van der Waals surface area contributed by atoms with Crippen molar-refractivity contribution >= 4 is 5.82 Å². The fourth-order valence-electron chi connectivity index (χ4n) is 1.72. The lowest BCUT2D eigenvalue weighted by molar-refractivity contribution is 0.414. The molecule has 6 heteroatoms. The number of anilines is 1. The van der Waals surface area contributed by atoms with Crippen molar-refractivity contribution in [1.82, 2.24) is 9.97 Å². The average molecular weight is 262 g/mol. The number of nitrogens with one attached hydrogen (secondary N) is 1. The Morgan fingerprint density at radius 1 is 1.26 bits per heavy atom. The lowest BCUT2D eigenvalue weighted by Gasteiger charge is -2.07. The first-order chi connectivity index (χ1) is 9.13. The molecule has 0 saturated carbocycles. The fraction of sp³-hybridized carbons (Fsp3) is 0.231. The van der Waals surface area contributed by atoms with Crippen molar-refractivity contribution in [2.75, 3.05) is 12.5 Å². The molecule has 2 aromatic rings. The van der Waals surface area contributed by atoms with Crippen LogP contribution in [0.15, 0.2) is 24.3 Å². The van der Waals surface area contributed by atoms with Crippen LogP contribution in [0.5, 0.6) is 5.75 Å². The number of halogens is 1. The van der Waals surface area contributed by atoms with Crippen molar-refractivity contribution in [2.45, 2.75) is 13.3 Å². The molecular weight excluding hydrogens is 247 g/mol. The minimum atomic E-state index is -0.527. The van der Waals surface area contributed by atoms with E-state index in [-0.39, 0.29) is 11.5 Å². The average Bonchev–Trinajstić information content (AvgIpc) is 2.43. The SMILES string of the molecule is COc1ccc(Cc2nc(C)c(F)c(NN)n2)cc1. The number of aromatic nitrogens is 2. The van der Waals surface area contributed by atoms with Gasteiger partial charge in [0.05, 0.1) is 12.8 Å². The minimum absolute atomic E-state index is 0.0102. The molecule has 19 heavy (non-hydrogen) atoms. The first kappa shape index (κ1) is 13.2. The molecule has 0 radical (unpaired) electrons. The lowest BCUT2D eigenvalue weighted by Crippen LogP contribution is -2.14. The van der Waals surface area contributed by atoms with Crippen LogP contribution in [0.2, 0.25) is 0 Å². The van der Waals surface area contributed by atoms with E-state index in [0.29, 0.717) is 12.2 Å². The van der Waals surface area contributed by atoms with Gasteiger partial charge in [0.2, 0.25) is 0 Å². The van der Waals surface area contributed by atoms with Crippen LogP contribution in [0.3, 0.4) is 0 Å². The summed E-state index contributed by atoms with van der Waals surface area (Å²) >= 11 is 0. The van der Waals surface area contributed by atoms with Gasteiger partial charge in [-0.1, -0.05) is 12.1 Å². The second-order valence-electron chi connectivity index (χ2n) is 4.06. The van der Waals surface area contributed by atoms with Crippen LogP contribution in [0.25, 0.3) is 0 Å². The molecule has 1 aromatic carbocycles. The summed E-state index contributed by atoms with van der Waals surface area (Å²) in [6.07, 6.45) is 0.500. The number of rotatable bonds is 4. The van der Waals surface area contributed by atoms with Gasteiger partial charge in [0.1, 0.15) is 11.6 Å². The maximum absolute atomic E-state index is 13.5. The number of aryl methyl sites for hydroxylation is 1. The first-order valence-corrected chi connectivity index (χ1v) is 5.76. The molecule has 0 aliphatic carbocycles. The Morgan fingerprint density at radius 2 is 1.95 bits per heavy atom. The van der Waals surface area contributed by atoms with Gasteiger partial charge in [0.25, 0.3) is 0 Å². The Labute approximate surface area is 110 Å². The van der Waals surface area contributed by atoms with Crippen molar-refractivity contribution in [2.24, 2.45) is 5.84 Å². The monoisotopic (exact) mass is 262 g/mol. The molecule has 0 saturated heterocycles. The molecule has 1 heterocycles. The van der Waals surface area contributed by atoms with Crippen LogP contribution >= 0.6 is 0 Å². The maximum atomic E-state index is 13.5. The summed E-state index contributed by atoms with van der Waals surface area (Å²) in [7, 11) is 1.61. The number of nitrogen functional groups attached to an aromatic ring is 1. The van der Waals surface area contributed by atoms with Gasteiger partial charge in [-0.3, -0.25) is 0 Å². The number of hydrogen-bond acceptors (Lipinski definition) is 5. The fourth-order valence-corrected chi connectivity index (χ4v) is 1.72. The molecule has 0 unspecified atom stereocenters. The molecule has 5 nitrogen and oxygen atoms in total. The maximum Gasteiger partial charge on any atom is 0.187 e. The van der Waals surface area contributed by atoms with Crippen molar-refractivity contribution in [1.29, 1.82) is 0 Å². The quantitative estimate of drug-likeness (QED) is 0.649. The van der Waals surface area contributed by atoms with Crippen molar-refractivity contribution in [3.8, 4) is 5.75 Å². The Kier molecular flexibility index (Phi) is 3.91. The summed E-state index contributed by atoms with van der Waals surface area (Å²) in [5.41, 5.74) is 3.51. The van der Waals surface area contributed by atoms with Crippen molar-refractivity contribution < 1.29 is 9.13 Å². The van der Waals surface area contributed by atoms with E-state index < -0.39 is 5.82 Å². The summed E-state index contributed by atoms with van der Waals surface area (Å²) in [6, 6.07) is 7.54. The molecular formula is C13H15FN4O. The smallest absolute Gasteiger partial charge is 0.187 e. The van der Waals surface area contributed by atoms with E-state index in [4.69, 9.17) is 10.6 Å². The Morgan fingerprint density at radius 3 is 2.53 bits per heavy atom. The van der Waals surface area contributed by atoms with Crippen LogP contribution in [0.4, 0.5) is 10.2 Å². The van der Waals surface area contributed by atoms with Crippen LogP contribution < -0.4 is 16.0 Å². The van der Waals surface area contributed by atoms with Crippen LogP contribution in [-0.4, -0.2) is 17.1 Å². The van der Waals surface area contributed by atoms with Gasteiger partial charge in [0.15, 0.2) is 11.6 Å². The second-order valence-corrected chi connectivity index (χ2v) is 4.06. The Bertz CT molecular complexity index is 572. The van der Waals surface area contributed by atoms with E-state index in [1.807, 2.05) is 24.3 Å². The second kappa shape index (κ2) is 5.62. The molecule has 3 N–H and O–H groups in total. The van der Waals surface area contributed by atoms with Gasteiger partial charge in [-0.15, -0.1) is 0 Å². The molecule has 100 valence electrons. The highest BCUT2D eigenvalue weighted by molar-refractivity contribution is 5.37. The third-order valence-electron chi connectivity index (χ3n) is 2.72. The van der Waals surface area contributed by atoms with E-state index in [2.05, 4.69) is 15.4 Å². The number of benzene rings is 1. The zero-order chi connectivity index (χ0) is 13.8. The molecule has 0 fully saturated rings. The van der Waals surface area contributed by atoms with E-state index in [0.717, 1.165) is 11.3 Å². The molecule has 2 rings (SSSR count). The van der Waals surface area contributed by atoms with E-state index in [1.165, 1.54) is 0 Å². The van der Waals surface area contributed by atoms with Gasteiger partial charge in [-0.25, -0.2) is 20.2 Å². The zero-order valence-electron chi connectivity index (χ0n) is 10.8. The van der Waals surface area contributed by atoms with Gasteiger partial charge in [0, 0.05) is 6.42 Å². The summed E-state index contributed by atoms with van der Waals surface area (Å²) in [5, 5.41) is 0. The lowest BCUT2D eigenvalue weighted by atomic mass is 10.1. The highest BCUT2D eigenvalue weighted by atomic mass is 19.1. The molecule has 0 amide bonds. The van der Waals surface area contributed by atoms with Gasteiger partial charge < -0.3 is 10.2 Å². The van der Waals surface area contributed by atoms with E-state index in [9.17, 15) is 4.39 Å². The standard InChI is InChI=1S/C13H15FN4O/c1-8-12(14)13(18-15)17-11(16-8)7-9-3-5-10(19-2)6-4-9/h3-6H,7,15H2,1-2H3,(H,16,17,18). The number of ether oxygens (including phenoxy) is 1. The number of nitrogens with zero attached hydrogens (tertiary/aromatic N) is 2. The summed E-state index contributed by atoms with van der Waals surface area (Å²) in [4.78, 5) is 8.14. The predicted molar refractivity (Wildman–Crippen MR) is 70.3 cm³/mol. The largest absolute Gasteiger partial charge is 0.497 e. The van der Waals surface area contributed by atoms with Crippen LogP contribution in [0, 0.1) is 12.7 Å². The Hall–Kier alpha value is -2.21. The first-order valence-electron chi connectivity index (χ1n) is 5.76. The number of hydrazine groups is 1. The molecule has 0 aliphatic heterocycles. The normalized spacial score (nSPS) is 10.3. The highest BCUT2D eigenvalue weighted by Crippen LogP contribution is 2.16. The number of hydrogen-bond donors (Lipinski definition) is 2. The predicted octanol–water partition coefficient (Wildman–Crippen LogP) is 1.81. The molecule has 0 atom stereocenters. The number of methoxy groups -OCH3 is 1. The third kappa shape index (κ3) is 2.97. The van der Waals surface area contributed by atoms with Crippen molar-refractivity contribution in [3.63, 3.8) is 0 Å². The molecule has 0 bridgehead atoms. The van der Waals surface area contributed by atoms with Crippen LogP contribution in [0.1, 0.15) is 17.1 Å².